The minimum absolute atomic E-state index is 0.567. The summed E-state index contributed by atoms with van der Waals surface area (Å²) in [7, 11) is 0. The maximum absolute atomic E-state index is 5.71. The van der Waals surface area contributed by atoms with Crippen LogP contribution in [0.25, 0.3) is 0 Å². The van der Waals surface area contributed by atoms with Gasteiger partial charge in [0.1, 0.15) is 6.61 Å². The molecule has 0 heterocycles. The van der Waals surface area contributed by atoms with Gasteiger partial charge >= 0.3 is 0 Å². The van der Waals surface area contributed by atoms with Crippen molar-refractivity contribution in [2.75, 3.05) is 26.4 Å². The predicted octanol–water partition coefficient (Wildman–Crippen LogP) is 4.06. The highest BCUT2D eigenvalue weighted by Gasteiger charge is 2.03. The molecule has 1 aromatic rings. The number of hydrogen-bond donors (Lipinski definition) is 0. The molecular weight excluding hydrogens is 240 g/mol. The van der Waals surface area contributed by atoms with E-state index in [0.717, 1.165) is 50.4 Å². The van der Waals surface area contributed by atoms with Gasteiger partial charge in [-0.2, -0.15) is 0 Å². The second-order valence-electron chi connectivity index (χ2n) is 4.46. The fourth-order valence-electron chi connectivity index (χ4n) is 1.57. The Morgan fingerprint density at radius 2 is 1.32 bits per heavy atom. The lowest BCUT2D eigenvalue weighted by Gasteiger charge is -2.12. The SMILES string of the molecule is CCCCOCCOc1ccccc1OCCCC. The average molecular weight is 266 g/mol. The molecule has 3 nitrogen and oxygen atoms in total. The molecule has 0 N–H and O–H groups in total. The third-order valence-electron chi connectivity index (χ3n) is 2.73. The van der Waals surface area contributed by atoms with Gasteiger partial charge in [0.25, 0.3) is 0 Å². The Labute approximate surface area is 116 Å². The van der Waals surface area contributed by atoms with Crippen LogP contribution in [0.1, 0.15) is 39.5 Å². The van der Waals surface area contributed by atoms with Gasteiger partial charge in [-0.1, -0.05) is 38.8 Å². The highest BCUT2D eigenvalue weighted by Crippen LogP contribution is 2.26. The molecule has 19 heavy (non-hydrogen) atoms. The Morgan fingerprint density at radius 3 is 1.95 bits per heavy atom. The van der Waals surface area contributed by atoms with Gasteiger partial charge in [-0.25, -0.2) is 0 Å². The first-order chi connectivity index (χ1) is 9.38. The monoisotopic (exact) mass is 266 g/mol. The van der Waals surface area contributed by atoms with Gasteiger partial charge in [-0.3, -0.25) is 0 Å². The van der Waals surface area contributed by atoms with E-state index in [4.69, 9.17) is 14.2 Å². The average Bonchev–Trinajstić information content (AvgIpc) is 2.44. The van der Waals surface area contributed by atoms with Gasteiger partial charge in [-0.15, -0.1) is 0 Å². The van der Waals surface area contributed by atoms with Crippen LogP contribution in [0, 0.1) is 0 Å². The summed E-state index contributed by atoms with van der Waals surface area (Å²) in [6.07, 6.45) is 4.47. The zero-order valence-electron chi connectivity index (χ0n) is 12.2. The molecule has 0 saturated heterocycles. The highest BCUT2D eigenvalue weighted by molar-refractivity contribution is 5.39. The Kier molecular flexibility index (Phi) is 8.90. The van der Waals surface area contributed by atoms with Crippen LogP contribution in [0.3, 0.4) is 0 Å². The van der Waals surface area contributed by atoms with E-state index in [1.54, 1.807) is 0 Å². The Bertz CT molecular complexity index is 326. The standard InChI is InChI=1S/C16H26O3/c1-3-5-11-17-13-14-19-16-10-8-7-9-15(16)18-12-6-4-2/h7-10H,3-6,11-14H2,1-2H3. The number of hydrogen-bond acceptors (Lipinski definition) is 3. The molecule has 0 spiro atoms. The smallest absolute Gasteiger partial charge is 0.161 e. The Morgan fingerprint density at radius 1 is 0.737 bits per heavy atom. The third kappa shape index (κ3) is 7.06. The van der Waals surface area contributed by atoms with Crippen LogP contribution in [0.2, 0.25) is 0 Å². The maximum Gasteiger partial charge on any atom is 0.161 e. The topological polar surface area (TPSA) is 27.7 Å². The number of benzene rings is 1. The Balaban J connectivity index is 2.27. The third-order valence-corrected chi connectivity index (χ3v) is 2.73. The zero-order valence-corrected chi connectivity index (χ0v) is 12.2. The van der Waals surface area contributed by atoms with E-state index in [1.807, 2.05) is 24.3 Å². The molecule has 0 amide bonds. The molecule has 0 unspecified atom stereocenters. The molecule has 108 valence electrons. The fourth-order valence-corrected chi connectivity index (χ4v) is 1.57. The number of para-hydroxylation sites is 2. The van der Waals surface area contributed by atoms with Crippen LogP contribution in [0.4, 0.5) is 0 Å². The van der Waals surface area contributed by atoms with Crippen LogP contribution in [0.5, 0.6) is 11.5 Å². The second kappa shape index (κ2) is 10.7. The molecule has 0 aromatic heterocycles. The van der Waals surface area contributed by atoms with Crippen molar-refractivity contribution in [3.05, 3.63) is 24.3 Å². The molecule has 0 bridgehead atoms. The number of unbranched alkanes of at least 4 members (excludes halogenated alkanes) is 2. The van der Waals surface area contributed by atoms with Crippen molar-refractivity contribution < 1.29 is 14.2 Å². The minimum atomic E-state index is 0.567. The fraction of sp³-hybridized carbons (Fsp3) is 0.625. The summed E-state index contributed by atoms with van der Waals surface area (Å²) in [6.45, 7) is 7.06. The van der Waals surface area contributed by atoms with E-state index in [-0.39, 0.29) is 0 Å². The zero-order chi connectivity index (χ0) is 13.8. The summed E-state index contributed by atoms with van der Waals surface area (Å²) in [5, 5.41) is 0. The van der Waals surface area contributed by atoms with Crippen LogP contribution < -0.4 is 9.47 Å². The van der Waals surface area contributed by atoms with Crippen molar-refractivity contribution in [3.63, 3.8) is 0 Å². The van der Waals surface area contributed by atoms with Crippen molar-refractivity contribution in [2.45, 2.75) is 39.5 Å². The van der Waals surface area contributed by atoms with Gasteiger partial charge in [0.15, 0.2) is 11.5 Å². The van der Waals surface area contributed by atoms with Gasteiger partial charge in [-0.05, 0) is 25.0 Å². The van der Waals surface area contributed by atoms with Crippen molar-refractivity contribution in [1.82, 2.24) is 0 Å². The lowest BCUT2D eigenvalue weighted by molar-refractivity contribution is 0.0966. The summed E-state index contributed by atoms with van der Waals surface area (Å²) in [5.41, 5.74) is 0. The minimum Gasteiger partial charge on any atom is -0.490 e. The predicted molar refractivity (Wildman–Crippen MR) is 78.1 cm³/mol. The normalized spacial score (nSPS) is 10.4. The summed E-state index contributed by atoms with van der Waals surface area (Å²) in [5.74, 6) is 1.63. The number of ether oxygens (including phenoxy) is 3. The molecule has 1 rings (SSSR count). The van der Waals surface area contributed by atoms with Crippen LogP contribution in [-0.4, -0.2) is 26.4 Å². The lowest BCUT2D eigenvalue weighted by Crippen LogP contribution is -2.08. The summed E-state index contributed by atoms with van der Waals surface area (Å²) in [6, 6.07) is 7.81. The van der Waals surface area contributed by atoms with E-state index in [0.29, 0.717) is 13.2 Å². The van der Waals surface area contributed by atoms with Crippen molar-refractivity contribution in [2.24, 2.45) is 0 Å². The first-order valence-corrected chi connectivity index (χ1v) is 7.30. The highest BCUT2D eigenvalue weighted by atomic mass is 16.5. The van der Waals surface area contributed by atoms with E-state index in [2.05, 4.69) is 13.8 Å². The number of rotatable bonds is 11. The van der Waals surface area contributed by atoms with Crippen LogP contribution in [-0.2, 0) is 4.74 Å². The first-order valence-electron chi connectivity index (χ1n) is 7.30. The lowest BCUT2D eigenvalue weighted by atomic mass is 10.3. The second-order valence-corrected chi connectivity index (χ2v) is 4.46. The molecule has 1 aromatic carbocycles. The molecule has 0 aliphatic rings. The molecule has 0 aliphatic heterocycles. The van der Waals surface area contributed by atoms with E-state index < -0.39 is 0 Å². The van der Waals surface area contributed by atoms with Gasteiger partial charge in [0, 0.05) is 6.61 Å². The van der Waals surface area contributed by atoms with Crippen molar-refractivity contribution in [3.8, 4) is 11.5 Å². The molecule has 3 heteroatoms. The van der Waals surface area contributed by atoms with Gasteiger partial charge in [0.2, 0.25) is 0 Å². The maximum atomic E-state index is 5.71. The molecule has 0 atom stereocenters. The van der Waals surface area contributed by atoms with Crippen molar-refractivity contribution >= 4 is 0 Å². The quantitative estimate of drug-likeness (QED) is 0.565. The van der Waals surface area contributed by atoms with E-state index >= 15 is 0 Å². The molecule has 0 saturated carbocycles. The first kappa shape index (κ1) is 15.8. The van der Waals surface area contributed by atoms with E-state index in [9.17, 15) is 0 Å². The van der Waals surface area contributed by atoms with Gasteiger partial charge < -0.3 is 14.2 Å². The summed E-state index contributed by atoms with van der Waals surface area (Å²) in [4.78, 5) is 0. The molecular formula is C16H26O3. The molecule has 0 radical (unpaired) electrons. The molecule has 0 aliphatic carbocycles. The van der Waals surface area contributed by atoms with Crippen LogP contribution >= 0.6 is 0 Å². The van der Waals surface area contributed by atoms with Crippen molar-refractivity contribution in [1.29, 1.82) is 0 Å². The Hall–Kier alpha value is -1.22. The molecule has 0 fully saturated rings. The van der Waals surface area contributed by atoms with Crippen LogP contribution in [0.15, 0.2) is 24.3 Å². The van der Waals surface area contributed by atoms with Gasteiger partial charge in [0.05, 0.1) is 13.2 Å². The largest absolute Gasteiger partial charge is 0.490 e. The van der Waals surface area contributed by atoms with E-state index in [1.165, 1.54) is 0 Å². The summed E-state index contributed by atoms with van der Waals surface area (Å²) >= 11 is 0. The summed E-state index contributed by atoms with van der Waals surface area (Å²) < 4.78 is 16.9.